The Morgan fingerprint density at radius 3 is 2.58 bits per heavy atom. The molecular weight excluding hydrogens is 393 g/mol. The second-order valence-electron chi connectivity index (χ2n) is 4.53. The topological polar surface area (TPSA) is 46.9 Å². The van der Waals surface area contributed by atoms with Crippen LogP contribution in [0, 0.1) is 5.82 Å². The van der Waals surface area contributed by atoms with Crippen molar-refractivity contribution < 1.29 is 17.6 Å². The third-order valence-corrected chi connectivity index (χ3v) is 4.05. The second-order valence-corrected chi connectivity index (χ2v) is 6.30. The smallest absolute Gasteiger partial charge is 0.327 e. The molecule has 130 valence electrons. The summed E-state index contributed by atoms with van der Waals surface area (Å²) in [5, 5.41) is 3.76. The highest BCUT2D eigenvalue weighted by atomic mass is 35.5. The Labute approximate surface area is 147 Å². The highest BCUT2D eigenvalue weighted by Crippen LogP contribution is 2.32. The Hall–Kier alpha value is -1.45. The molecule has 4 nitrogen and oxygen atoms in total. The predicted molar refractivity (Wildman–Crippen MR) is 86.8 cm³/mol. The van der Waals surface area contributed by atoms with E-state index in [-0.39, 0.29) is 21.5 Å². The quantitative estimate of drug-likeness (QED) is 0.464. The van der Waals surface area contributed by atoms with E-state index in [1.807, 2.05) is 0 Å². The van der Waals surface area contributed by atoms with Gasteiger partial charge >= 0.3 is 6.18 Å². The van der Waals surface area contributed by atoms with Crippen molar-refractivity contribution in [2.75, 3.05) is 9.93 Å². The average molecular weight is 402 g/mol. The fraction of sp³-hybridized carbons (Fsp3) is 0.231. The zero-order valence-electron chi connectivity index (χ0n) is 11.9. The molecule has 1 heterocycles. The molecule has 24 heavy (non-hydrogen) atoms. The fourth-order valence-electron chi connectivity index (χ4n) is 1.90. The summed E-state index contributed by atoms with van der Waals surface area (Å²) < 4.78 is 55.7. The van der Waals surface area contributed by atoms with Gasteiger partial charge in [-0.3, -0.25) is 9.48 Å². The summed E-state index contributed by atoms with van der Waals surface area (Å²) in [4.78, 5) is 12.0. The van der Waals surface area contributed by atoms with Crippen LogP contribution in [0.25, 0.3) is 11.3 Å². The number of nitrogens with zero attached hydrogens (tertiary/aromatic N) is 2. The molecule has 0 spiro atoms. The van der Waals surface area contributed by atoms with E-state index in [4.69, 9.17) is 23.2 Å². The zero-order chi connectivity index (χ0) is 18.1. The van der Waals surface area contributed by atoms with Crippen LogP contribution in [0.4, 0.5) is 23.2 Å². The highest BCUT2D eigenvalue weighted by Gasteiger charge is 2.34. The van der Waals surface area contributed by atoms with Crippen LogP contribution in [0.15, 0.2) is 23.0 Å². The molecule has 11 heteroatoms. The molecule has 1 aromatic heterocycles. The minimum absolute atomic E-state index is 0.0256. The average Bonchev–Trinajstić information content (AvgIpc) is 2.47. The summed E-state index contributed by atoms with van der Waals surface area (Å²) in [5.41, 5.74) is -2.77. The van der Waals surface area contributed by atoms with Gasteiger partial charge in [-0.2, -0.15) is 18.3 Å². The van der Waals surface area contributed by atoms with Gasteiger partial charge in [0.2, 0.25) is 5.43 Å². The van der Waals surface area contributed by atoms with Crippen LogP contribution >= 0.6 is 35.1 Å². The van der Waals surface area contributed by atoms with E-state index in [1.165, 1.54) is 6.07 Å². The number of anilines is 1. The number of benzene rings is 1. The predicted octanol–water partition coefficient (Wildman–Crippen LogP) is 4.52. The summed E-state index contributed by atoms with van der Waals surface area (Å²) in [5.74, 6) is -0.884. The highest BCUT2D eigenvalue weighted by molar-refractivity contribution is 8.01. The Bertz CT molecular complexity index is 826. The standard InChI is InChI=1S/C13H9Cl2F4N3OS/c1-22-11(13(17,18)19)4-10(23)12(20-22)6-2-9(21-24-5-14)7(15)3-8(6)16/h2-4,21H,5H2,1H3. The second kappa shape index (κ2) is 7.20. The molecule has 0 aliphatic carbocycles. The monoisotopic (exact) mass is 401 g/mol. The van der Waals surface area contributed by atoms with Crippen LogP contribution < -0.4 is 10.2 Å². The summed E-state index contributed by atoms with van der Waals surface area (Å²) >= 11 is 12.4. The van der Waals surface area contributed by atoms with Crippen LogP contribution in [0.2, 0.25) is 5.02 Å². The molecule has 0 saturated carbocycles. The summed E-state index contributed by atoms with van der Waals surface area (Å²) in [6, 6.07) is 2.50. The molecule has 2 aromatic rings. The maximum Gasteiger partial charge on any atom is 0.433 e. The van der Waals surface area contributed by atoms with Gasteiger partial charge in [-0.15, -0.1) is 11.6 Å². The number of aromatic nitrogens is 2. The van der Waals surface area contributed by atoms with Crippen molar-refractivity contribution in [3.63, 3.8) is 0 Å². The molecule has 0 amide bonds. The van der Waals surface area contributed by atoms with Crippen molar-refractivity contribution in [2.24, 2.45) is 7.05 Å². The third kappa shape index (κ3) is 3.96. The number of halogens is 6. The Morgan fingerprint density at radius 2 is 2.00 bits per heavy atom. The fourth-order valence-corrected chi connectivity index (χ4v) is 2.70. The summed E-state index contributed by atoms with van der Waals surface area (Å²) in [7, 11) is 1.02. The van der Waals surface area contributed by atoms with E-state index >= 15 is 0 Å². The lowest BCUT2D eigenvalue weighted by molar-refractivity contribution is -0.144. The molecule has 1 aromatic carbocycles. The molecule has 0 bridgehead atoms. The normalized spacial score (nSPS) is 11.6. The van der Waals surface area contributed by atoms with Crippen molar-refractivity contribution in [1.29, 1.82) is 0 Å². The molecule has 2 rings (SSSR count). The number of hydrogen-bond donors (Lipinski definition) is 1. The van der Waals surface area contributed by atoms with Gasteiger partial charge in [0.15, 0.2) is 0 Å². The SMILES string of the molecule is Cn1nc(-c2cc(NSCCl)c(Cl)cc2F)c(=O)cc1C(F)(F)F. The summed E-state index contributed by atoms with van der Waals surface area (Å²) in [6.45, 7) is 0. The van der Waals surface area contributed by atoms with Gasteiger partial charge in [-0.25, -0.2) is 4.39 Å². The van der Waals surface area contributed by atoms with E-state index < -0.39 is 28.8 Å². The van der Waals surface area contributed by atoms with E-state index in [2.05, 4.69) is 9.82 Å². The molecule has 1 N–H and O–H groups in total. The van der Waals surface area contributed by atoms with Gasteiger partial charge in [0.1, 0.15) is 17.2 Å². The van der Waals surface area contributed by atoms with Crippen molar-refractivity contribution >= 4 is 40.8 Å². The maximum absolute atomic E-state index is 14.1. The van der Waals surface area contributed by atoms with Crippen LogP contribution in [-0.4, -0.2) is 15.0 Å². The first-order valence-electron chi connectivity index (χ1n) is 6.24. The molecular formula is C13H9Cl2F4N3OS. The van der Waals surface area contributed by atoms with Crippen LogP contribution in [0.1, 0.15) is 5.69 Å². The lowest BCUT2D eigenvalue weighted by atomic mass is 10.1. The number of nitrogens with one attached hydrogen (secondary N) is 1. The van der Waals surface area contributed by atoms with Gasteiger partial charge < -0.3 is 4.72 Å². The maximum atomic E-state index is 14.1. The van der Waals surface area contributed by atoms with E-state index in [9.17, 15) is 22.4 Å². The number of rotatable bonds is 4. The zero-order valence-corrected chi connectivity index (χ0v) is 14.2. The molecule has 0 atom stereocenters. The van der Waals surface area contributed by atoms with E-state index in [1.54, 1.807) is 0 Å². The van der Waals surface area contributed by atoms with Crippen LogP contribution in [-0.2, 0) is 13.2 Å². The minimum atomic E-state index is -4.75. The molecule has 0 radical (unpaired) electrons. The van der Waals surface area contributed by atoms with Gasteiger partial charge in [0.05, 0.1) is 15.9 Å². The Kier molecular flexibility index (Phi) is 5.67. The minimum Gasteiger partial charge on any atom is -0.327 e. The Morgan fingerprint density at radius 1 is 1.33 bits per heavy atom. The largest absolute Gasteiger partial charge is 0.433 e. The first-order valence-corrected chi connectivity index (χ1v) is 8.13. The van der Waals surface area contributed by atoms with Crippen molar-refractivity contribution in [2.45, 2.75) is 6.18 Å². The number of alkyl halides is 4. The lowest BCUT2D eigenvalue weighted by Gasteiger charge is -2.13. The molecule has 0 aliphatic rings. The van der Waals surface area contributed by atoms with E-state index in [0.717, 1.165) is 25.1 Å². The molecule has 0 unspecified atom stereocenters. The van der Waals surface area contributed by atoms with Crippen LogP contribution in [0.5, 0.6) is 0 Å². The van der Waals surface area contributed by atoms with E-state index in [0.29, 0.717) is 10.7 Å². The van der Waals surface area contributed by atoms with Gasteiger partial charge in [-0.05, 0) is 24.1 Å². The van der Waals surface area contributed by atoms with Gasteiger partial charge in [0, 0.05) is 18.7 Å². The molecule has 0 aliphatic heterocycles. The molecule has 0 fully saturated rings. The van der Waals surface area contributed by atoms with Crippen molar-refractivity contribution in [3.05, 3.63) is 45.0 Å². The van der Waals surface area contributed by atoms with Gasteiger partial charge in [0.25, 0.3) is 0 Å². The lowest BCUT2D eigenvalue weighted by Crippen LogP contribution is -2.22. The first kappa shape index (κ1) is 18.9. The van der Waals surface area contributed by atoms with Crippen molar-refractivity contribution in [3.8, 4) is 11.3 Å². The third-order valence-electron chi connectivity index (χ3n) is 2.94. The first-order chi connectivity index (χ1) is 11.1. The number of hydrogen-bond acceptors (Lipinski definition) is 4. The Balaban J connectivity index is 2.60. The van der Waals surface area contributed by atoms with Gasteiger partial charge in [-0.1, -0.05) is 11.6 Å². The molecule has 0 saturated heterocycles. The summed E-state index contributed by atoms with van der Waals surface area (Å²) in [6.07, 6.45) is -4.75. The number of aryl methyl sites for hydroxylation is 1. The van der Waals surface area contributed by atoms with Crippen LogP contribution in [0.3, 0.4) is 0 Å². The van der Waals surface area contributed by atoms with Crippen molar-refractivity contribution in [1.82, 2.24) is 9.78 Å².